The second-order valence-corrected chi connectivity index (χ2v) is 4.96. The SMILES string of the molecule is Cc1noc(CCNC(=O)C2(N)CCCCC2)n1.Cl. The van der Waals surface area contributed by atoms with Crippen molar-refractivity contribution in [2.24, 2.45) is 5.73 Å². The average molecular weight is 289 g/mol. The van der Waals surface area contributed by atoms with E-state index in [9.17, 15) is 4.79 Å². The lowest BCUT2D eigenvalue weighted by molar-refractivity contribution is -0.127. The molecule has 6 nitrogen and oxygen atoms in total. The van der Waals surface area contributed by atoms with Gasteiger partial charge < -0.3 is 15.6 Å². The molecular formula is C12H21ClN4O2. The van der Waals surface area contributed by atoms with Gasteiger partial charge in [0.25, 0.3) is 0 Å². The summed E-state index contributed by atoms with van der Waals surface area (Å²) in [6.07, 6.45) is 5.34. The van der Waals surface area contributed by atoms with E-state index in [-0.39, 0.29) is 18.3 Å². The van der Waals surface area contributed by atoms with E-state index in [0.29, 0.717) is 24.7 Å². The van der Waals surface area contributed by atoms with Gasteiger partial charge in [-0.1, -0.05) is 24.4 Å². The zero-order valence-electron chi connectivity index (χ0n) is 11.1. The monoisotopic (exact) mass is 288 g/mol. The fourth-order valence-electron chi connectivity index (χ4n) is 2.31. The standard InChI is InChI=1S/C12H20N4O2.ClH/c1-9-15-10(18-16-9)5-8-14-11(17)12(13)6-3-2-4-7-12;/h2-8,13H2,1H3,(H,14,17);1H. The number of halogens is 1. The van der Waals surface area contributed by atoms with Crippen LogP contribution >= 0.6 is 12.4 Å². The Balaban J connectivity index is 0.00000180. The molecule has 1 amide bonds. The van der Waals surface area contributed by atoms with Gasteiger partial charge in [0.15, 0.2) is 5.82 Å². The minimum atomic E-state index is -0.678. The lowest BCUT2D eigenvalue weighted by atomic mass is 9.82. The van der Waals surface area contributed by atoms with Gasteiger partial charge in [-0.2, -0.15) is 4.98 Å². The van der Waals surface area contributed by atoms with Crippen LogP contribution < -0.4 is 11.1 Å². The van der Waals surface area contributed by atoms with Crippen LogP contribution in [0.15, 0.2) is 4.52 Å². The Kier molecular flexibility index (Phi) is 5.75. The number of nitrogens with one attached hydrogen (secondary N) is 1. The number of aryl methyl sites for hydroxylation is 1. The molecule has 108 valence electrons. The molecule has 0 radical (unpaired) electrons. The van der Waals surface area contributed by atoms with Gasteiger partial charge in [0, 0.05) is 13.0 Å². The van der Waals surface area contributed by atoms with Crippen molar-refractivity contribution >= 4 is 18.3 Å². The fraction of sp³-hybridized carbons (Fsp3) is 0.750. The molecule has 0 aromatic carbocycles. The molecule has 0 atom stereocenters. The summed E-state index contributed by atoms with van der Waals surface area (Å²) < 4.78 is 4.97. The molecule has 1 aromatic rings. The van der Waals surface area contributed by atoms with E-state index in [0.717, 1.165) is 25.7 Å². The Morgan fingerprint density at radius 2 is 2.11 bits per heavy atom. The van der Waals surface area contributed by atoms with Crippen LogP contribution in [-0.2, 0) is 11.2 Å². The highest BCUT2D eigenvalue weighted by Gasteiger charge is 2.34. The molecule has 0 bridgehead atoms. The largest absolute Gasteiger partial charge is 0.354 e. The molecule has 3 N–H and O–H groups in total. The summed E-state index contributed by atoms with van der Waals surface area (Å²) >= 11 is 0. The van der Waals surface area contributed by atoms with E-state index in [1.54, 1.807) is 6.92 Å². The number of aromatic nitrogens is 2. The fourth-order valence-corrected chi connectivity index (χ4v) is 2.31. The maximum absolute atomic E-state index is 12.0. The number of amides is 1. The summed E-state index contributed by atoms with van der Waals surface area (Å²) in [5.41, 5.74) is 5.45. The number of nitrogens with zero attached hydrogens (tertiary/aromatic N) is 2. The topological polar surface area (TPSA) is 94.0 Å². The summed E-state index contributed by atoms with van der Waals surface area (Å²) in [5.74, 6) is 1.10. The number of carbonyl (C=O) groups is 1. The summed E-state index contributed by atoms with van der Waals surface area (Å²) in [7, 11) is 0. The molecule has 1 heterocycles. The second-order valence-electron chi connectivity index (χ2n) is 4.96. The molecule has 1 aromatic heterocycles. The quantitative estimate of drug-likeness (QED) is 0.866. The van der Waals surface area contributed by atoms with E-state index >= 15 is 0 Å². The third-order valence-electron chi connectivity index (χ3n) is 3.39. The number of hydrogen-bond donors (Lipinski definition) is 2. The first-order chi connectivity index (χ1) is 8.60. The van der Waals surface area contributed by atoms with Crippen molar-refractivity contribution in [1.82, 2.24) is 15.5 Å². The molecule has 0 unspecified atom stereocenters. The minimum Gasteiger partial charge on any atom is -0.354 e. The molecule has 1 fully saturated rings. The first kappa shape index (κ1) is 15.9. The van der Waals surface area contributed by atoms with Crippen molar-refractivity contribution in [2.75, 3.05) is 6.54 Å². The Bertz CT molecular complexity index is 416. The normalized spacial score (nSPS) is 17.6. The van der Waals surface area contributed by atoms with Crippen LogP contribution in [0, 0.1) is 6.92 Å². The molecule has 0 aliphatic heterocycles. The molecule has 0 spiro atoms. The summed E-state index contributed by atoms with van der Waals surface area (Å²) in [6, 6.07) is 0. The maximum atomic E-state index is 12.0. The Hall–Kier alpha value is -1.14. The van der Waals surface area contributed by atoms with E-state index < -0.39 is 5.54 Å². The van der Waals surface area contributed by atoms with Crippen molar-refractivity contribution in [3.8, 4) is 0 Å². The molecule has 1 aliphatic rings. The highest BCUT2D eigenvalue weighted by atomic mass is 35.5. The van der Waals surface area contributed by atoms with Crippen LogP contribution in [0.5, 0.6) is 0 Å². The third-order valence-corrected chi connectivity index (χ3v) is 3.39. The molecule has 7 heteroatoms. The minimum absolute atomic E-state index is 0. The average Bonchev–Trinajstić information content (AvgIpc) is 2.76. The van der Waals surface area contributed by atoms with Gasteiger partial charge in [-0.05, 0) is 19.8 Å². The molecule has 0 saturated heterocycles. The Morgan fingerprint density at radius 3 is 2.68 bits per heavy atom. The van der Waals surface area contributed by atoms with Crippen LogP contribution in [0.1, 0.15) is 43.8 Å². The van der Waals surface area contributed by atoms with Crippen molar-refractivity contribution in [1.29, 1.82) is 0 Å². The van der Waals surface area contributed by atoms with Crippen LogP contribution in [0.4, 0.5) is 0 Å². The van der Waals surface area contributed by atoms with E-state index in [2.05, 4.69) is 15.5 Å². The Morgan fingerprint density at radius 1 is 1.42 bits per heavy atom. The molecule has 2 rings (SSSR count). The van der Waals surface area contributed by atoms with Gasteiger partial charge in [0.05, 0.1) is 5.54 Å². The maximum Gasteiger partial charge on any atom is 0.240 e. The number of hydrogen-bond acceptors (Lipinski definition) is 5. The molecule has 19 heavy (non-hydrogen) atoms. The molecule has 1 aliphatic carbocycles. The van der Waals surface area contributed by atoms with E-state index in [1.807, 2.05) is 0 Å². The summed E-state index contributed by atoms with van der Waals surface area (Å²) in [4.78, 5) is 16.1. The zero-order chi connectivity index (χ0) is 13.0. The summed E-state index contributed by atoms with van der Waals surface area (Å²) in [6.45, 7) is 2.25. The highest BCUT2D eigenvalue weighted by molar-refractivity contribution is 5.86. The molecule has 1 saturated carbocycles. The summed E-state index contributed by atoms with van der Waals surface area (Å²) in [5, 5.41) is 6.55. The predicted molar refractivity (Wildman–Crippen MR) is 73.0 cm³/mol. The second kappa shape index (κ2) is 6.86. The number of nitrogens with two attached hydrogens (primary N) is 1. The first-order valence-corrected chi connectivity index (χ1v) is 6.46. The van der Waals surface area contributed by atoms with Crippen molar-refractivity contribution in [2.45, 2.75) is 51.0 Å². The van der Waals surface area contributed by atoms with Gasteiger partial charge in [-0.25, -0.2) is 0 Å². The first-order valence-electron chi connectivity index (χ1n) is 6.46. The third kappa shape index (κ3) is 4.18. The number of rotatable bonds is 4. The smallest absolute Gasteiger partial charge is 0.240 e. The van der Waals surface area contributed by atoms with Gasteiger partial charge in [0.2, 0.25) is 11.8 Å². The van der Waals surface area contributed by atoms with Gasteiger partial charge >= 0.3 is 0 Å². The van der Waals surface area contributed by atoms with Gasteiger partial charge in [0.1, 0.15) is 0 Å². The lowest BCUT2D eigenvalue weighted by Gasteiger charge is -2.31. The van der Waals surface area contributed by atoms with Crippen LogP contribution in [0.2, 0.25) is 0 Å². The van der Waals surface area contributed by atoms with Crippen molar-refractivity contribution in [3.63, 3.8) is 0 Å². The van der Waals surface area contributed by atoms with Crippen LogP contribution in [0.3, 0.4) is 0 Å². The molecular weight excluding hydrogens is 268 g/mol. The van der Waals surface area contributed by atoms with Gasteiger partial charge in [-0.15, -0.1) is 12.4 Å². The van der Waals surface area contributed by atoms with Gasteiger partial charge in [-0.3, -0.25) is 4.79 Å². The Labute approximate surface area is 118 Å². The van der Waals surface area contributed by atoms with E-state index in [1.165, 1.54) is 6.42 Å². The van der Waals surface area contributed by atoms with Crippen LogP contribution in [0.25, 0.3) is 0 Å². The highest BCUT2D eigenvalue weighted by Crippen LogP contribution is 2.25. The van der Waals surface area contributed by atoms with Crippen LogP contribution in [-0.4, -0.2) is 28.1 Å². The lowest BCUT2D eigenvalue weighted by Crippen LogP contribution is -2.55. The predicted octanol–water partition coefficient (Wildman–Crippen LogP) is 1.12. The van der Waals surface area contributed by atoms with E-state index in [4.69, 9.17) is 10.3 Å². The van der Waals surface area contributed by atoms with Crippen molar-refractivity contribution < 1.29 is 9.32 Å². The van der Waals surface area contributed by atoms with Crippen molar-refractivity contribution in [3.05, 3.63) is 11.7 Å². The zero-order valence-corrected chi connectivity index (χ0v) is 12.0. The number of carbonyl (C=O) groups excluding carboxylic acids is 1.